The van der Waals surface area contributed by atoms with Gasteiger partial charge in [0.1, 0.15) is 11.7 Å². The van der Waals surface area contributed by atoms with Crippen LogP contribution in [0.1, 0.15) is 16.9 Å². The lowest BCUT2D eigenvalue weighted by atomic mass is 10.2. The average Bonchev–Trinajstić information content (AvgIpc) is 2.77. The number of nitrogens with two attached hydrogens (primary N) is 1. The first-order valence-corrected chi connectivity index (χ1v) is 5.45. The number of hydrogen-bond donors (Lipinski definition) is 4. The molecule has 1 rings (SSSR count). The van der Waals surface area contributed by atoms with E-state index in [0.29, 0.717) is 13.1 Å². The highest BCUT2D eigenvalue weighted by atomic mass is 16.4. The van der Waals surface area contributed by atoms with Crippen molar-refractivity contribution in [3.05, 3.63) is 18.2 Å². The third kappa shape index (κ3) is 3.82. The van der Waals surface area contributed by atoms with E-state index < -0.39 is 17.9 Å². The van der Waals surface area contributed by atoms with Crippen molar-refractivity contribution in [2.45, 2.75) is 19.0 Å². The Kier molecular flexibility index (Phi) is 5.28. The Morgan fingerprint density at radius 2 is 2.28 bits per heavy atom. The van der Waals surface area contributed by atoms with Crippen LogP contribution in [0.5, 0.6) is 0 Å². The highest BCUT2D eigenvalue weighted by Crippen LogP contribution is 1.99. The van der Waals surface area contributed by atoms with Crippen LogP contribution in [0.15, 0.2) is 12.5 Å². The lowest BCUT2D eigenvalue weighted by Gasteiger charge is -2.11. The molecule has 1 aromatic rings. The molecule has 0 aliphatic heterocycles. The van der Waals surface area contributed by atoms with Crippen LogP contribution in [0.3, 0.4) is 0 Å². The van der Waals surface area contributed by atoms with Crippen molar-refractivity contribution in [3.8, 4) is 0 Å². The lowest BCUT2D eigenvalue weighted by molar-refractivity contribution is -0.139. The first-order chi connectivity index (χ1) is 8.58. The molecule has 0 radical (unpaired) electrons. The molecule has 8 heteroatoms. The fourth-order valence-electron chi connectivity index (χ4n) is 1.37. The van der Waals surface area contributed by atoms with Gasteiger partial charge >= 0.3 is 5.97 Å². The zero-order valence-electron chi connectivity index (χ0n) is 9.74. The van der Waals surface area contributed by atoms with Gasteiger partial charge in [0.15, 0.2) is 0 Å². The van der Waals surface area contributed by atoms with Crippen LogP contribution in [-0.2, 0) is 11.3 Å². The van der Waals surface area contributed by atoms with Crippen molar-refractivity contribution in [2.75, 3.05) is 13.2 Å². The van der Waals surface area contributed by atoms with Gasteiger partial charge in [0.25, 0.3) is 5.91 Å². The maximum absolute atomic E-state index is 11.7. The van der Waals surface area contributed by atoms with Crippen molar-refractivity contribution < 1.29 is 19.8 Å². The van der Waals surface area contributed by atoms with E-state index in [9.17, 15) is 9.59 Å². The van der Waals surface area contributed by atoms with Crippen LogP contribution in [0.4, 0.5) is 0 Å². The zero-order chi connectivity index (χ0) is 13.5. The zero-order valence-corrected chi connectivity index (χ0v) is 9.74. The van der Waals surface area contributed by atoms with E-state index in [1.807, 2.05) is 0 Å². The number of rotatable bonds is 7. The number of aromatic nitrogens is 2. The molecule has 0 saturated carbocycles. The van der Waals surface area contributed by atoms with E-state index in [2.05, 4.69) is 10.3 Å². The summed E-state index contributed by atoms with van der Waals surface area (Å²) in [5, 5.41) is 19.8. The molecule has 1 heterocycles. The minimum absolute atomic E-state index is 0.0510. The van der Waals surface area contributed by atoms with Crippen LogP contribution in [0.2, 0.25) is 0 Å². The smallest absolute Gasteiger partial charge is 0.326 e. The summed E-state index contributed by atoms with van der Waals surface area (Å²) >= 11 is 0. The summed E-state index contributed by atoms with van der Waals surface area (Å²) in [6.07, 6.45) is 2.88. The van der Waals surface area contributed by atoms with E-state index in [-0.39, 0.29) is 18.7 Å². The van der Waals surface area contributed by atoms with Gasteiger partial charge in [-0.1, -0.05) is 0 Å². The molecule has 1 atom stereocenters. The van der Waals surface area contributed by atoms with E-state index in [0.717, 1.165) is 0 Å². The number of carboxylic acids is 1. The lowest BCUT2D eigenvalue weighted by Crippen LogP contribution is -2.41. The number of nitrogens with one attached hydrogen (secondary N) is 1. The number of aliphatic carboxylic acids is 1. The minimum Gasteiger partial charge on any atom is -0.480 e. The third-order valence-electron chi connectivity index (χ3n) is 2.27. The molecule has 18 heavy (non-hydrogen) atoms. The Labute approximate surface area is 103 Å². The number of carbonyl (C=O) groups is 2. The Balaban J connectivity index is 2.64. The van der Waals surface area contributed by atoms with Crippen LogP contribution < -0.4 is 11.1 Å². The van der Waals surface area contributed by atoms with Crippen molar-refractivity contribution >= 4 is 11.9 Å². The third-order valence-corrected chi connectivity index (χ3v) is 2.27. The van der Waals surface area contributed by atoms with Crippen molar-refractivity contribution in [1.82, 2.24) is 14.9 Å². The Morgan fingerprint density at radius 1 is 1.56 bits per heavy atom. The number of carbonyl (C=O) groups excluding carboxylic acids is 1. The summed E-state index contributed by atoms with van der Waals surface area (Å²) in [6, 6.07) is -1.12. The molecular weight excluding hydrogens is 240 g/mol. The van der Waals surface area contributed by atoms with E-state index in [4.69, 9.17) is 15.9 Å². The van der Waals surface area contributed by atoms with Gasteiger partial charge in [0.05, 0.1) is 6.33 Å². The number of aliphatic hydroxyl groups excluding tert-OH is 1. The topological polar surface area (TPSA) is 130 Å². The number of carboxylic acid groups (broad SMARTS) is 1. The fraction of sp³-hybridized carbons (Fsp3) is 0.500. The Hall–Kier alpha value is -1.93. The first-order valence-electron chi connectivity index (χ1n) is 5.45. The normalized spacial score (nSPS) is 12.1. The molecule has 0 spiro atoms. The average molecular weight is 256 g/mol. The van der Waals surface area contributed by atoms with Crippen molar-refractivity contribution in [1.29, 1.82) is 0 Å². The molecule has 5 N–H and O–H groups in total. The molecule has 8 nitrogen and oxygen atoms in total. The van der Waals surface area contributed by atoms with E-state index >= 15 is 0 Å². The molecule has 0 fully saturated rings. The van der Waals surface area contributed by atoms with Crippen LogP contribution >= 0.6 is 0 Å². The summed E-state index contributed by atoms with van der Waals surface area (Å²) in [7, 11) is 0. The molecule has 0 aliphatic carbocycles. The molecule has 100 valence electrons. The molecular formula is C10H16N4O4. The van der Waals surface area contributed by atoms with Crippen LogP contribution in [-0.4, -0.2) is 50.8 Å². The quantitative estimate of drug-likeness (QED) is 0.465. The van der Waals surface area contributed by atoms with Gasteiger partial charge in [0, 0.05) is 32.3 Å². The van der Waals surface area contributed by atoms with Gasteiger partial charge in [0.2, 0.25) is 0 Å². The van der Waals surface area contributed by atoms with Gasteiger partial charge in [-0.25, -0.2) is 9.78 Å². The summed E-state index contributed by atoms with van der Waals surface area (Å²) in [5.41, 5.74) is 5.47. The van der Waals surface area contributed by atoms with Crippen LogP contribution in [0.25, 0.3) is 0 Å². The van der Waals surface area contributed by atoms with E-state index in [1.54, 1.807) is 4.57 Å². The Morgan fingerprint density at radius 3 is 2.83 bits per heavy atom. The van der Waals surface area contributed by atoms with Gasteiger partial charge in [-0.05, 0) is 0 Å². The SMILES string of the molecule is NCCn1cnc(C(=O)NC(CCO)C(=O)O)c1. The number of amides is 1. The summed E-state index contributed by atoms with van der Waals surface area (Å²) in [4.78, 5) is 26.3. The molecule has 0 aliphatic rings. The second kappa shape index (κ2) is 6.72. The molecule has 0 saturated heterocycles. The van der Waals surface area contributed by atoms with Crippen molar-refractivity contribution in [2.24, 2.45) is 5.73 Å². The maximum atomic E-state index is 11.7. The van der Waals surface area contributed by atoms with Gasteiger partial charge in [-0.2, -0.15) is 0 Å². The predicted octanol–water partition coefficient (Wildman–Crippen LogP) is -1.59. The molecule has 1 aromatic heterocycles. The summed E-state index contributed by atoms with van der Waals surface area (Å²) in [5.74, 6) is -1.79. The minimum atomic E-state index is -1.20. The van der Waals surface area contributed by atoms with E-state index in [1.165, 1.54) is 12.5 Å². The summed E-state index contributed by atoms with van der Waals surface area (Å²) in [6.45, 7) is 0.623. The largest absolute Gasteiger partial charge is 0.480 e. The second-order valence-corrected chi connectivity index (χ2v) is 3.66. The standard InChI is InChI=1S/C10H16N4O4/c11-2-3-14-5-8(12-6-14)9(16)13-7(1-4-15)10(17)18/h5-7,15H,1-4,11H2,(H,13,16)(H,17,18). The molecule has 1 unspecified atom stereocenters. The highest BCUT2D eigenvalue weighted by molar-refractivity contribution is 5.94. The summed E-state index contributed by atoms with van der Waals surface area (Å²) < 4.78 is 1.64. The number of hydrogen-bond acceptors (Lipinski definition) is 5. The maximum Gasteiger partial charge on any atom is 0.326 e. The number of imidazole rings is 1. The molecule has 0 bridgehead atoms. The van der Waals surface area contributed by atoms with Crippen LogP contribution in [0, 0.1) is 0 Å². The first kappa shape index (κ1) is 14.1. The predicted molar refractivity (Wildman–Crippen MR) is 61.9 cm³/mol. The number of aliphatic hydroxyl groups is 1. The van der Waals surface area contributed by atoms with Gasteiger partial charge < -0.3 is 25.8 Å². The fourth-order valence-corrected chi connectivity index (χ4v) is 1.37. The highest BCUT2D eigenvalue weighted by Gasteiger charge is 2.21. The number of nitrogens with zero attached hydrogens (tertiary/aromatic N) is 2. The molecule has 1 amide bonds. The monoisotopic (exact) mass is 256 g/mol. The van der Waals surface area contributed by atoms with Gasteiger partial charge in [-0.15, -0.1) is 0 Å². The molecule has 0 aromatic carbocycles. The van der Waals surface area contributed by atoms with Gasteiger partial charge in [-0.3, -0.25) is 4.79 Å². The second-order valence-electron chi connectivity index (χ2n) is 3.66. The Bertz CT molecular complexity index is 418. The van der Waals surface area contributed by atoms with Crippen molar-refractivity contribution in [3.63, 3.8) is 0 Å².